The minimum Gasteiger partial charge on any atom is -0.361 e. The molecule has 25 heavy (non-hydrogen) atoms. The van der Waals surface area contributed by atoms with Gasteiger partial charge in [-0.05, 0) is 41.9 Å². The van der Waals surface area contributed by atoms with Crippen LogP contribution in [0.15, 0.2) is 0 Å². The lowest BCUT2D eigenvalue weighted by Crippen LogP contribution is -2.76. The summed E-state index contributed by atoms with van der Waals surface area (Å²) in [6.07, 6.45) is 4.66. The minimum atomic E-state index is -2.85. The molecule has 0 bridgehead atoms. The highest BCUT2D eigenvalue weighted by Gasteiger charge is 2.75. The molecule has 0 saturated heterocycles. The van der Waals surface area contributed by atoms with Gasteiger partial charge in [-0.1, -0.05) is 53.9 Å². The first-order valence-electron chi connectivity index (χ1n) is 9.73. The van der Waals surface area contributed by atoms with Crippen LogP contribution in [0.3, 0.4) is 0 Å². The van der Waals surface area contributed by atoms with Crippen molar-refractivity contribution in [2.24, 2.45) is 34.5 Å². The zero-order chi connectivity index (χ0) is 19.3. The van der Waals surface area contributed by atoms with Gasteiger partial charge in [-0.25, -0.2) is 0 Å². The fourth-order valence-corrected chi connectivity index (χ4v) is 5.81. The van der Waals surface area contributed by atoms with Gasteiger partial charge in [0.1, 0.15) is 6.29 Å². The van der Waals surface area contributed by atoms with Crippen LogP contribution in [-0.2, 0) is 4.79 Å². The third-order valence-electron chi connectivity index (χ3n) is 7.46. The molecule has 2 rings (SSSR count). The van der Waals surface area contributed by atoms with Crippen LogP contribution in [0.25, 0.3) is 0 Å². The Morgan fingerprint density at radius 3 is 2.28 bits per heavy atom. The third-order valence-corrected chi connectivity index (χ3v) is 7.46. The van der Waals surface area contributed by atoms with Crippen LogP contribution >= 0.6 is 0 Å². The molecule has 0 aromatic carbocycles. The molecule has 0 spiro atoms. The molecule has 0 aromatic rings. The van der Waals surface area contributed by atoms with E-state index < -0.39 is 22.4 Å². The molecule has 2 fully saturated rings. The Kier molecular flexibility index (Phi) is 5.49. The zero-order valence-corrected chi connectivity index (χ0v) is 16.3. The molecular weight excluding hydrogens is 320 g/mol. The summed E-state index contributed by atoms with van der Waals surface area (Å²) in [5.74, 6) is -5.54. The van der Waals surface area contributed by atoms with Gasteiger partial charge >= 0.3 is 0 Å². The number of carbonyl (C=O) groups excluding carboxylic acids is 1. The second-order valence-corrected chi connectivity index (χ2v) is 9.51. The standard InChI is InChI=1S/C20H36O5/c1-6-13(2)7-9-15-14(3)8-10-16-17(4,5)11-19(22,23)20(24,25)18(15,16)12-21/h12-16,22-25H,6-11H2,1-5H3/t13-,14+,15+,16+,18-/m1/s1. The average molecular weight is 357 g/mol. The second kappa shape index (κ2) is 6.59. The molecule has 2 saturated carbocycles. The Balaban J connectivity index is 2.56. The van der Waals surface area contributed by atoms with Gasteiger partial charge in [0.2, 0.25) is 11.6 Å². The summed E-state index contributed by atoms with van der Waals surface area (Å²) in [7, 11) is 0. The largest absolute Gasteiger partial charge is 0.361 e. The summed E-state index contributed by atoms with van der Waals surface area (Å²) in [5, 5.41) is 42.8. The molecule has 4 N–H and O–H groups in total. The SMILES string of the molecule is CC[C@@H](C)CC[C@H]1[C@@H](C)CC[C@H]2C(C)(C)CC(O)(O)C(O)(O)[C@]12C=O. The van der Waals surface area contributed by atoms with E-state index in [4.69, 9.17) is 0 Å². The van der Waals surface area contributed by atoms with Crippen LogP contribution in [0, 0.1) is 34.5 Å². The predicted octanol–water partition coefficient (Wildman–Crippen LogP) is 2.45. The van der Waals surface area contributed by atoms with Crippen LogP contribution in [0.1, 0.15) is 73.1 Å². The molecule has 0 amide bonds. The number of aldehydes is 1. The van der Waals surface area contributed by atoms with E-state index in [1.807, 2.05) is 20.8 Å². The summed E-state index contributed by atoms with van der Waals surface area (Å²) >= 11 is 0. The monoisotopic (exact) mass is 356 g/mol. The van der Waals surface area contributed by atoms with E-state index in [0.717, 1.165) is 19.3 Å². The maximum absolute atomic E-state index is 12.4. The zero-order valence-electron chi connectivity index (χ0n) is 16.3. The van der Waals surface area contributed by atoms with Gasteiger partial charge in [0.25, 0.3) is 0 Å². The molecule has 5 heteroatoms. The number of hydrogen-bond acceptors (Lipinski definition) is 5. The number of fused-ring (bicyclic) bond motifs is 1. The van der Waals surface area contributed by atoms with Gasteiger partial charge in [-0.2, -0.15) is 0 Å². The lowest BCUT2D eigenvalue weighted by atomic mass is 9.42. The minimum absolute atomic E-state index is 0.119. The first-order valence-corrected chi connectivity index (χ1v) is 9.73. The average Bonchev–Trinajstić information content (AvgIpc) is 2.50. The summed E-state index contributed by atoms with van der Waals surface area (Å²) in [6, 6.07) is 0. The van der Waals surface area contributed by atoms with Gasteiger partial charge in [0.15, 0.2) is 0 Å². The summed E-state index contributed by atoms with van der Waals surface area (Å²) in [6.45, 7) is 10.1. The fraction of sp³-hybridized carbons (Fsp3) is 0.950. The third kappa shape index (κ3) is 2.97. The smallest absolute Gasteiger partial charge is 0.231 e. The molecular formula is C20H36O5. The maximum atomic E-state index is 12.4. The summed E-state index contributed by atoms with van der Waals surface area (Å²) < 4.78 is 0. The van der Waals surface area contributed by atoms with Crippen molar-refractivity contribution in [1.82, 2.24) is 0 Å². The normalized spacial score (nSPS) is 40.1. The highest BCUT2D eigenvalue weighted by atomic mass is 16.6. The van der Waals surface area contributed by atoms with Gasteiger partial charge < -0.3 is 25.2 Å². The first-order chi connectivity index (χ1) is 11.4. The molecule has 0 aromatic heterocycles. The molecule has 0 unspecified atom stereocenters. The van der Waals surface area contributed by atoms with Crippen molar-refractivity contribution in [2.45, 2.75) is 84.7 Å². The molecule has 146 valence electrons. The maximum Gasteiger partial charge on any atom is 0.231 e. The molecule has 2 aliphatic carbocycles. The number of hydrogen-bond donors (Lipinski definition) is 4. The summed E-state index contributed by atoms with van der Waals surface area (Å²) in [5.41, 5.74) is -2.14. The lowest BCUT2D eigenvalue weighted by molar-refractivity contribution is -0.440. The molecule has 0 heterocycles. The number of aliphatic hydroxyl groups is 4. The highest BCUT2D eigenvalue weighted by Crippen LogP contribution is 2.66. The van der Waals surface area contributed by atoms with Crippen LogP contribution in [0.5, 0.6) is 0 Å². The van der Waals surface area contributed by atoms with Gasteiger partial charge in [0, 0.05) is 6.42 Å². The second-order valence-electron chi connectivity index (χ2n) is 9.51. The Labute approximate surface area is 151 Å². The van der Waals surface area contributed by atoms with E-state index in [2.05, 4.69) is 13.8 Å². The molecule has 5 atom stereocenters. The quantitative estimate of drug-likeness (QED) is 0.448. The van der Waals surface area contributed by atoms with Crippen LogP contribution in [0.2, 0.25) is 0 Å². The van der Waals surface area contributed by atoms with Crippen LogP contribution in [0.4, 0.5) is 0 Å². The van der Waals surface area contributed by atoms with Crippen molar-refractivity contribution in [3.05, 3.63) is 0 Å². The van der Waals surface area contributed by atoms with Crippen molar-refractivity contribution in [3.8, 4) is 0 Å². The van der Waals surface area contributed by atoms with Gasteiger partial charge in [0.05, 0.1) is 5.41 Å². The Morgan fingerprint density at radius 2 is 1.76 bits per heavy atom. The molecule has 5 nitrogen and oxygen atoms in total. The van der Waals surface area contributed by atoms with E-state index in [-0.39, 0.29) is 24.2 Å². The first kappa shape index (κ1) is 20.8. The Hall–Kier alpha value is -0.490. The van der Waals surface area contributed by atoms with Crippen molar-refractivity contribution in [1.29, 1.82) is 0 Å². The number of rotatable bonds is 5. The van der Waals surface area contributed by atoms with Crippen LogP contribution < -0.4 is 0 Å². The fourth-order valence-electron chi connectivity index (χ4n) is 5.81. The highest BCUT2D eigenvalue weighted by molar-refractivity contribution is 5.64. The van der Waals surface area contributed by atoms with Crippen molar-refractivity contribution in [2.75, 3.05) is 0 Å². The summed E-state index contributed by atoms with van der Waals surface area (Å²) in [4.78, 5) is 12.4. The molecule has 0 radical (unpaired) electrons. The van der Waals surface area contributed by atoms with E-state index >= 15 is 0 Å². The van der Waals surface area contributed by atoms with E-state index in [0.29, 0.717) is 25.0 Å². The van der Waals surface area contributed by atoms with Gasteiger partial charge in [-0.3, -0.25) is 0 Å². The van der Waals surface area contributed by atoms with Crippen molar-refractivity contribution in [3.63, 3.8) is 0 Å². The van der Waals surface area contributed by atoms with Gasteiger partial charge in [-0.15, -0.1) is 0 Å². The molecule has 0 aliphatic heterocycles. The molecule has 2 aliphatic rings. The van der Waals surface area contributed by atoms with E-state index in [1.54, 1.807) is 0 Å². The van der Waals surface area contributed by atoms with Crippen LogP contribution in [-0.4, -0.2) is 38.3 Å². The Morgan fingerprint density at radius 1 is 1.16 bits per heavy atom. The topological polar surface area (TPSA) is 98.0 Å². The van der Waals surface area contributed by atoms with Crippen molar-refractivity contribution < 1.29 is 25.2 Å². The predicted molar refractivity (Wildman–Crippen MR) is 95.3 cm³/mol. The Bertz CT molecular complexity index is 498. The van der Waals surface area contributed by atoms with Crippen molar-refractivity contribution >= 4 is 6.29 Å². The van der Waals surface area contributed by atoms with E-state index in [1.165, 1.54) is 0 Å². The lowest BCUT2D eigenvalue weighted by Gasteiger charge is -2.65. The number of carbonyl (C=O) groups is 1. The van der Waals surface area contributed by atoms with E-state index in [9.17, 15) is 25.2 Å².